The molecule has 0 spiro atoms. The van der Waals surface area contributed by atoms with Crippen molar-refractivity contribution in [3.63, 3.8) is 0 Å². The number of nitrogens with one attached hydrogen (secondary N) is 1. The third-order valence-electron chi connectivity index (χ3n) is 3.39. The number of nitro groups is 1. The third-order valence-corrected chi connectivity index (χ3v) is 3.39. The van der Waals surface area contributed by atoms with Crippen LogP contribution >= 0.6 is 0 Å². The molecule has 0 aromatic heterocycles. The predicted molar refractivity (Wildman–Crippen MR) is 95.6 cm³/mol. The summed E-state index contributed by atoms with van der Waals surface area (Å²) in [4.78, 5) is 22.4. The number of benzene rings is 2. The Morgan fingerprint density at radius 3 is 2.54 bits per heavy atom. The molecule has 0 bridgehead atoms. The van der Waals surface area contributed by atoms with Crippen LogP contribution in [0, 0.1) is 10.1 Å². The van der Waals surface area contributed by atoms with E-state index in [0.717, 1.165) is 0 Å². The average molecular weight is 360 g/mol. The van der Waals surface area contributed by atoms with E-state index in [4.69, 9.17) is 14.2 Å². The van der Waals surface area contributed by atoms with Gasteiger partial charge in [-0.15, -0.1) is 0 Å². The summed E-state index contributed by atoms with van der Waals surface area (Å²) in [5.41, 5.74) is 0.531. The highest BCUT2D eigenvalue weighted by Gasteiger charge is 2.16. The molecular formula is C18H20N2O6. The maximum Gasteiger partial charge on any atom is 0.269 e. The van der Waals surface area contributed by atoms with Crippen LogP contribution in [-0.2, 0) is 9.53 Å². The lowest BCUT2D eigenvalue weighted by molar-refractivity contribution is -0.384. The Hall–Kier alpha value is -3.13. The summed E-state index contributed by atoms with van der Waals surface area (Å²) < 4.78 is 15.9. The van der Waals surface area contributed by atoms with Crippen molar-refractivity contribution in [1.82, 2.24) is 0 Å². The minimum atomic E-state index is -0.783. The van der Waals surface area contributed by atoms with Gasteiger partial charge in [-0.05, 0) is 31.2 Å². The van der Waals surface area contributed by atoms with Crippen LogP contribution < -0.4 is 14.8 Å². The summed E-state index contributed by atoms with van der Waals surface area (Å²) in [5.74, 6) is 0.635. The Kier molecular flexibility index (Phi) is 6.92. The van der Waals surface area contributed by atoms with Crippen molar-refractivity contribution in [3.05, 3.63) is 58.6 Å². The lowest BCUT2D eigenvalue weighted by Gasteiger charge is -2.15. The second-order valence-electron chi connectivity index (χ2n) is 5.37. The van der Waals surface area contributed by atoms with Crippen molar-refractivity contribution in [3.8, 4) is 11.5 Å². The minimum absolute atomic E-state index is 0.0419. The van der Waals surface area contributed by atoms with E-state index in [1.54, 1.807) is 38.3 Å². The molecule has 0 saturated carbocycles. The molecule has 2 rings (SSSR count). The number of methoxy groups -OCH3 is 1. The number of non-ortho nitro benzene ring substituents is 1. The molecule has 0 radical (unpaired) electrons. The molecule has 8 heteroatoms. The van der Waals surface area contributed by atoms with Crippen LogP contribution in [0.4, 0.5) is 11.4 Å². The SMILES string of the molecule is COCCOc1cccc(NC(=O)C(C)Oc2ccc([N+](=O)[O-])cc2)c1. The number of carbonyl (C=O) groups excluding carboxylic acids is 1. The molecule has 0 aliphatic rings. The molecule has 26 heavy (non-hydrogen) atoms. The summed E-state index contributed by atoms with van der Waals surface area (Å²) >= 11 is 0. The highest BCUT2D eigenvalue weighted by molar-refractivity contribution is 5.94. The molecule has 1 N–H and O–H groups in total. The van der Waals surface area contributed by atoms with Crippen LogP contribution in [-0.4, -0.2) is 37.3 Å². The Morgan fingerprint density at radius 2 is 1.88 bits per heavy atom. The van der Waals surface area contributed by atoms with E-state index in [1.165, 1.54) is 24.3 Å². The Balaban J connectivity index is 1.92. The highest BCUT2D eigenvalue weighted by atomic mass is 16.6. The predicted octanol–water partition coefficient (Wildman–Crippen LogP) is 3.03. The second kappa shape index (κ2) is 9.38. The Labute approximate surface area is 150 Å². The van der Waals surface area contributed by atoms with Gasteiger partial charge in [-0.25, -0.2) is 0 Å². The van der Waals surface area contributed by atoms with Gasteiger partial charge >= 0.3 is 0 Å². The molecule has 1 atom stereocenters. The first-order valence-corrected chi connectivity index (χ1v) is 7.93. The lowest BCUT2D eigenvalue weighted by Crippen LogP contribution is -2.30. The largest absolute Gasteiger partial charge is 0.491 e. The molecule has 0 heterocycles. The maximum absolute atomic E-state index is 12.3. The van der Waals surface area contributed by atoms with E-state index < -0.39 is 11.0 Å². The van der Waals surface area contributed by atoms with Gasteiger partial charge in [0.05, 0.1) is 11.5 Å². The van der Waals surface area contributed by atoms with E-state index in [-0.39, 0.29) is 11.6 Å². The van der Waals surface area contributed by atoms with Crippen molar-refractivity contribution < 1.29 is 23.9 Å². The fraction of sp³-hybridized carbons (Fsp3) is 0.278. The summed E-state index contributed by atoms with van der Waals surface area (Å²) in [6.07, 6.45) is -0.783. The first-order chi connectivity index (χ1) is 12.5. The zero-order valence-electron chi connectivity index (χ0n) is 14.5. The molecule has 138 valence electrons. The molecule has 0 aliphatic carbocycles. The molecule has 0 saturated heterocycles. The number of anilines is 1. The number of hydrogen-bond donors (Lipinski definition) is 1. The van der Waals surface area contributed by atoms with Crippen molar-refractivity contribution in [1.29, 1.82) is 0 Å². The smallest absolute Gasteiger partial charge is 0.269 e. The van der Waals surface area contributed by atoms with E-state index in [2.05, 4.69) is 5.32 Å². The molecular weight excluding hydrogens is 340 g/mol. The van der Waals surface area contributed by atoms with Crippen molar-refractivity contribution in [2.24, 2.45) is 0 Å². The number of nitro benzene ring substituents is 1. The summed E-state index contributed by atoms with van der Waals surface area (Å²) in [6, 6.07) is 12.5. The maximum atomic E-state index is 12.3. The Bertz CT molecular complexity index is 748. The van der Waals surface area contributed by atoms with E-state index >= 15 is 0 Å². The van der Waals surface area contributed by atoms with E-state index in [0.29, 0.717) is 30.4 Å². The van der Waals surface area contributed by atoms with Crippen LogP contribution in [0.15, 0.2) is 48.5 Å². The van der Waals surface area contributed by atoms with Gasteiger partial charge in [-0.1, -0.05) is 6.07 Å². The minimum Gasteiger partial charge on any atom is -0.491 e. The normalized spacial score (nSPS) is 11.5. The van der Waals surface area contributed by atoms with Gasteiger partial charge in [0.1, 0.15) is 18.1 Å². The van der Waals surface area contributed by atoms with Gasteiger partial charge in [0.25, 0.3) is 11.6 Å². The van der Waals surface area contributed by atoms with Gasteiger partial charge in [0.15, 0.2) is 6.10 Å². The van der Waals surface area contributed by atoms with Crippen LogP contribution in [0.1, 0.15) is 6.92 Å². The van der Waals surface area contributed by atoms with Crippen LogP contribution in [0.5, 0.6) is 11.5 Å². The number of amides is 1. The number of rotatable bonds is 9. The zero-order valence-corrected chi connectivity index (χ0v) is 14.5. The summed E-state index contributed by atoms with van der Waals surface area (Å²) in [7, 11) is 1.59. The Morgan fingerprint density at radius 1 is 1.15 bits per heavy atom. The number of nitrogens with zero attached hydrogens (tertiary/aromatic N) is 1. The van der Waals surface area contributed by atoms with Crippen molar-refractivity contribution in [2.75, 3.05) is 25.6 Å². The topological polar surface area (TPSA) is 99.9 Å². The monoisotopic (exact) mass is 360 g/mol. The number of carbonyl (C=O) groups is 1. The first-order valence-electron chi connectivity index (χ1n) is 7.93. The summed E-state index contributed by atoms with van der Waals surface area (Å²) in [6.45, 7) is 2.47. The zero-order chi connectivity index (χ0) is 18.9. The number of hydrogen-bond acceptors (Lipinski definition) is 6. The second-order valence-corrected chi connectivity index (χ2v) is 5.37. The molecule has 1 unspecified atom stereocenters. The van der Waals surface area contributed by atoms with Crippen molar-refractivity contribution >= 4 is 17.3 Å². The van der Waals surface area contributed by atoms with Gasteiger partial charge in [-0.3, -0.25) is 14.9 Å². The molecule has 0 aliphatic heterocycles. The fourth-order valence-electron chi connectivity index (χ4n) is 2.05. The van der Waals surface area contributed by atoms with E-state index in [1.807, 2.05) is 0 Å². The average Bonchev–Trinajstić information content (AvgIpc) is 2.62. The van der Waals surface area contributed by atoms with Crippen LogP contribution in [0.25, 0.3) is 0 Å². The molecule has 2 aromatic rings. The van der Waals surface area contributed by atoms with Crippen molar-refractivity contribution in [2.45, 2.75) is 13.0 Å². The van der Waals surface area contributed by atoms with Gasteiger partial charge in [0, 0.05) is 31.0 Å². The molecule has 1 amide bonds. The third kappa shape index (κ3) is 5.75. The highest BCUT2D eigenvalue weighted by Crippen LogP contribution is 2.20. The van der Waals surface area contributed by atoms with Crippen LogP contribution in [0.2, 0.25) is 0 Å². The molecule has 8 nitrogen and oxygen atoms in total. The first kappa shape index (κ1) is 19.2. The quantitative estimate of drug-likeness (QED) is 0.419. The standard InChI is InChI=1S/C18H20N2O6/c1-13(26-16-8-6-15(7-9-16)20(22)23)18(21)19-14-4-3-5-17(12-14)25-11-10-24-2/h3-9,12-13H,10-11H2,1-2H3,(H,19,21). The van der Waals surface area contributed by atoms with Crippen LogP contribution in [0.3, 0.4) is 0 Å². The van der Waals surface area contributed by atoms with Gasteiger partial charge < -0.3 is 19.5 Å². The van der Waals surface area contributed by atoms with Gasteiger partial charge in [0.2, 0.25) is 0 Å². The van der Waals surface area contributed by atoms with E-state index in [9.17, 15) is 14.9 Å². The van der Waals surface area contributed by atoms with Gasteiger partial charge in [-0.2, -0.15) is 0 Å². The number of ether oxygens (including phenoxy) is 3. The fourth-order valence-corrected chi connectivity index (χ4v) is 2.05. The molecule has 0 fully saturated rings. The molecule has 2 aromatic carbocycles. The lowest BCUT2D eigenvalue weighted by atomic mass is 10.2. The summed E-state index contributed by atoms with van der Waals surface area (Å²) in [5, 5.41) is 13.4.